The van der Waals surface area contributed by atoms with E-state index < -0.39 is 3.79 Å². The molecule has 0 unspecified atom stereocenters. The van der Waals surface area contributed by atoms with E-state index in [2.05, 4.69) is 4.74 Å². The molecule has 0 rings (SSSR count). The van der Waals surface area contributed by atoms with Gasteiger partial charge in [0.1, 0.15) is 6.07 Å². The van der Waals surface area contributed by atoms with E-state index in [9.17, 15) is 0 Å². The van der Waals surface area contributed by atoms with Crippen molar-refractivity contribution in [1.82, 2.24) is 0 Å². The molecule has 0 radical (unpaired) electrons. The molecule has 1 nitrogen and oxygen atoms in total. The van der Waals surface area contributed by atoms with Crippen molar-refractivity contribution in [3.63, 3.8) is 0 Å². The van der Waals surface area contributed by atoms with Crippen LogP contribution < -0.4 is 0 Å². The Balaban J connectivity index is 3.11. The van der Waals surface area contributed by atoms with Gasteiger partial charge in [-0.2, -0.15) is 0 Å². The summed E-state index contributed by atoms with van der Waals surface area (Å²) in [5.41, 5.74) is 0. The van der Waals surface area contributed by atoms with Crippen LogP contribution in [0.15, 0.2) is 0 Å². The molecule has 0 heterocycles. The Kier molecular flexibility index (Phi) is 4.58. The lowest BCUT2D eigenvalue weighted by Gasteiger charge is -2.07. The molecule has 0 saturated heterocycles. The van der Waals surface area contributed by atoms with Gasteiger partial charge in [-0.05, 0) is 0 Å². The highest BCUT2D eigenvalue weighted by molar-refractivity contribution is 6.67. The number of hydrogen-bond donors (Lipinski definition) is 0. The van der Waals surface area contributed by atoms with Crippen LogP contribution in [0.4, 0.5) is 0 Å². The average molecular weight is 198 g/mol. The largest absolute Gasteiger partial charge is 0.361 e. The molecule has 0 saturated carbocycles. The summed E-state index contributed by atoms with van der Waals surface area (Å²) in [5.74, 6) is 0. The number of alkyl halides is 4. The number of rotatable bonds is 2. The minimum Gasteiger partial charge on any atom is -0.361 e. The van der Waals surface area contributed by atoms with Gasteiger partial charge < -0.3 is 4.74 Å². The van der Waals surface area contributed by atoms with Crippen LogP contribution in [0.1, 0.15) is 0 Å². The lowest BCUT2D eigenvalue weighted by atomic mass is 10.8. The van der Waals surface area contributed by atoms with Crippen LogP contribution in [0.25, 0.3) is 0 Å². The predicted octanol–water partition coefficient (Wildman–Crippen LogP) is 2.57. The van der Waals surface area contributed by atoms with E-state index >= 15 is 0 Å². The molecule has 0 fully saturated rings. The van der Waals surface area contributed by atoms with Gasteiger partial charge in [-0.1, -0.05) is 46.4 Å². The molecular weight excluding hydrogens is 194 g/mol. The predicted molar refractivity (Wildman–Crippen MR) is 37.0 cm³/mol. The fraction of sp³-hybridized carbons (Fsp3) is 1.00. The Morgan fingerprint density at radius 2 is 1.75 bits per heavy atom. The van der Waals surface area contributed by atoms with Crippen molar-refractivity contribution >= 4 is 46.4 Å². The topological polar surface area (TPSA) is 9.23 Å². The SMILES string of the molecule is ClCOCC(Cl)(Cl)Cl. The third-order valence-corrected chi connectivity index (χ3v) is 0.825. The van der Waals surface area contributed by atoms with Crippen LogP contribution >= 0.6 is 46.4 Å². The Bertz CT molecular complexity index is 58.8. The van der Waals surface area contributed by atoms with Gasteiger partial charge in [0.2, 0.25) is 3.79 Å². The maximum Gasteiger partial charge on any atom is 0.213 e. The Labute approximate surface area is 67.8 Å². The lowest BCUT2D eigenvalue weighted by molar-refractivity contribution is 0.185. The molecule has 0 aromatic heterocycles. The molecule has 5 heteroatoms. The van der Waals surface area contributed by atoms with E-state index in [0.717, 1.165) is 0 Å². The molecule has 0 amide bonds. The van der Waals surface area contributed by atoms with Gasteiger partial charge in [-0.25, -0.2) is 0 Å². The monoisotopic (exact) mass is 196 g/mol. The first-order valence-electron chi connectivity index (χ1n) is 1.77. The molecule has 0 aromatic carbocycles. The summed E-state index contributed by atoms with van der Waals surface area (Å²) in [6.07, 6.45) is 0. The molecule has 0 bridgehead atoms. The Morgan fingerprint density at radius 1 is 1.25 bits per heavy atom. The van der Waals surface area contributed by atoms with E-state index in [-0.39, 0.29) is 12.7 Å². The zero-order chi connectivity index (χ0) is 6.62. The lowest BCUT2D eigenvalue weighted by Crippen LogP contribution is -2.11. The zero-order valence-corrected chi connectivity index (χ0v) is 6.86. The quantitative estimate of drug-likeness (QED) is 0.619. The third kappa shape index (κ3) is 7.12. The van der Waals surface area contributed by atoms with Gasteiger partial charge in [0.05, 0.1) is 6.61 Å². The highest BCUT2D eigenvalue weighted by Gasteiger charge is 2.18. The standard InChI is InChI=1S/C3H4Cl4O/c4-2-8-1-3(5,6)7/h1-2H2. The summed E-state index contributed by atoms with van der Waals surface area (Å²) in [5, 5.41) is 0. The second kappa shape index (κ2) is 4.02. The van der Waals surface area contributed by atoms with Crippen LogP contribution in [0.3, 0.4) is 0 Å². The van der Waals surface area contributed by atoms with Crippen LogP contribution in [0, 0.1) is 0 Å². The smallest absolute Gasteiger partial charge is 0.213 e. The van der Waals surface area contributed by atoms with Gasteiger partial charge >= 0.3 is 0 Å². The molecule has 0 aliphatic rings. The fourth-order valence-corrected chi connectivity index (χ4v) is 0.463. The first-order chi connectivity index (χ1) is 3.56. The van der Waals surface area contributed by atoms with E-state index in [1.165, 1.54) is 0 Å². The van der Waals surface area contributed by atoms with Crippen molar-refractivity contribution in [2.45, 2.75) is 3.79 Å². The Hall–Kier alpha value is 1.12. The first-order valence-corrected chi connectivity index (χ1v) is 3.43. The summed E-state index contributed by atoms with van der Waals surface area (Å²) in [4.78, 5) is 0. The van der Waals surface area contributed by atoms with Crippen LogP contribution in [0.2, 0.25) is 0 Å². The highest BCUT2D eigenvalue weighted by atomic mass is 35.6. The molecule has 8 heavy (non-hydrogen) atoms. The molecular formula is C3H4Cl4O. The van der Waals surface area contributed by atoms with Crippen LogP contribution in [-0.4, -0.2) is 16.5 Å². The van der Waals surface area contributed by atoms with Crippen molar-refractivity contribution in [1.29, 1.82) is 0 Å². The van der Waals surface area contributed by atoms with Gasteiger partial charge in [0.15, 0.2) is 0 Å². The zero-order valence-electron chi connectivity index (χ0n) is 3.83. The number of halogens is 4. The highest BCUT2D eigenvalue weighted by Crippen LogP contribution is 2.25. The van der Waals surface area contributed by atoms with E-state index in [1.807, 2.05) is 0 Å². The third-order valence-electron chi connectivity index (χ3n) is 0.343. The van der Waals surface area contributed by atoms with Gasteiger partial charge in [0.25, 0.3) is 0 Å². The fourth-order valence-electron chi connectivity index (χ4n) is 0.154. The second-order valence-corrected chi connectivity index (χ2v) is 3.81. The van der Waals surface area contributed by atoms with Gasteiger partial charge in [0, 0.05) is 0 Å². The molecule has 0 spiro atoms. The maximum absolute atomic E-state index is 5.26. The summed E-state index contributed by atoms with van der Waals surface area (Å²) >= 11 is 20.9. The van der Waals surface area contributed by atoms with Crippen molar-refractivity contribution < 1.29 is 4.74 Å². The van der Waals surface area contributed by atoms with E-state index in [0.29, 0.717) is 0 Å². The number of hydrogen-bond acceptors (Lipinski definition) is 1. The number of ether oxygens (including phenoxy) is 1. The molecule has 50 valence electrons. The second-order valence-electron chi connectivity index (χ2n) is 1.07. The summed E-state index contributed by atoms with van der Waals surface area (Å²) in [6, 6.07) is 0.0495. The van der Waals surface area contributed by atoms with Crippen molar-refractivity contribution in [3.8, 4) is 0 Å². The average Bonchev–Trinajstić information content (AvgIpc) is 1.59. The first kappa shape index (κ1) is 9.12. The Morgan fingerprint density at radius 3 is 1.88 bits per heavy atom. The van der Waals surface area contributed by atoms with Crippen LogP contribution in [0.5, 0.6) is 0 Å². The summed E-state index contributed by atoms with van der Waals surface area (Å²) in [6.45, 7) is 0.0289. The molecule has 0 N–H and O–H groups in total. The minimum atomic E-state index is -1.34. The van der Waals surface area contributed by atoms with Crippen molar-refractivity contribution in [2.75, 3.05) is 12.7 Å². The van der Waals surface area contributed by atoms with E-state index in [4.69, 9.17) is 46.4 Å². The molecule has 0 atom stereocenters. The maximum atomic E-state index is 5.26. The molecule has 0 aromatic rings. The summed E-state index contributed by atoms with van der Waals surface area (Å²) in [7, 11) is 0. The van der Waals surface area contributed by atoms with Gasteiger partial charge in [-0.3, -0.25) is 0 Å². The van der Waals surface area contributed by atoms with Crippen molar-refractivity contribution in [3.05, 3.63) is 0 Å². The molecule has 0 aliphatic heterocycles. The summed E-state index contributed by atoms with van der Waals surface area (Å²) < 4.78 is 3.23. The molecule has 0 aliphatic carbocycles. The van der Waals surface area contributed by atoms with Gasteiger partial charge in [-0.15, -0.1) is 0 Å². The minimum absolute atomic E-state index is 0.0289. The van der Waals surface area contributed by atoms with E-state index in [1.54, 1.807) is 0 Å². The van der Waals surface area contributed by atoms with Crippen molar-refractivity contribution in [2.24, 2.45) is 0 Å². The normalized spacial score (nSPS) is 12.0. The van der Waals surface area contributed by atoms with Crippen LogP contribution in [-0.2, 0) is 4.74 Å².